The van der Waals surface area contributed by atoms with Crippen LogP contribution in [-0.4, -0.2) is 31.4 Å². The Bertz CT molecular complexity index is 320. The van der Waals surface area contributed by atoms with Crippen LogP contribution in [0.5, 0.6) is 5.75 Å². The number of hydrogen-bond donors (Lipinski definition) is 2. The minimum atomic E-state index is -0.962. The van der Waals surface area contributed by atoms with Gasteiger partial charge in [0.2, 0.25) is 0 Å². The van der Waals surface area contributed by atoms with Gasteiger partial charge in [-0.25, -0.2) is 8.78 Å². The number of halogens is 2. The molecule has 1 atom stereocenters. The third-order valence-electron chi connectivity index (χ3n) is 1.77. The van der Waals surface area contributed by atoms with Crippen molar-refractivity contribution in [2.45, 2.75) is 6.10 Å². The Labute approximate surface area is 86.7 Å². The topological polar surface area (TPSA) is 41.5 Å². The van der Waals surface area contributed by atoms with E-state index in [1.165, 1.54) is 6.07 Å². The number of ether oxygens (including phenoxy) is 1. The highest BCUT2D eigenvalue weighted by Gasteiger charge is 2.06. The molecule has 0 heterocycles. The monoisotopic (exact) mass is 217 g/mol. The Kier molecular flexibility index (Phi) is 4.45. The van der Waals surface area contributed by atoms with Gasteiger partial charge in [0.05, 0.1) is 0 Å². The van der Waals surface area contributed by atoms with Crippen LogP contribution in [0.25, 0.3) is 0 Å². The largest absolute Gasteiger partial charge is 0.491 e. The van der Waals surface area contributed by atoms with Gasteiger partial charge in [0.1, 0.15) is 18.5 Å². The highest BCUT2D eigenvalue weighted by Crippen LogP contribution is 2.15. The molecule has 0 aliphatic carbocycles. The van der Waals surface area contributed by atoms with Gasteiger partial charge in [0, 0.05) is 12.6 Å². The molecule has 1 unspecified atom stereocenters. The van der Waals surface area contributed by atoms with Crippen LogP contribution in [0.15, 0.2) is 18.2 Å². The molecule has 84 valence electrons. The van der Waals surface area contributed by atoms with Crippen molar-refractivity contribution in [2.24, 2.45) is 0 Å². The van der Waals surface area contributed by atoms with Crippen molar-refractivity contribution >= 4 is 0 Å². The molecule has 15 heavy (non-hydrogen) atoms. The Hall–Kier alpha value is -1.20. The fourth-order valence-electron chi connectivity index (χ4n) is 1.05. The highest BCUT2D eigenvalue weighted by molar-refractivity contribution is 5.23. The molecule has 0 amide bonds. The summed E-state index contributed by atoms with van der Waals surface area (Å²) < 4.78 is 30.3. The summed E-state index contributed by atoms with van der Waals surface area (Å²) in [7, 11) is 1.70. The summed E-state index contributed by atoms with van der Waals surface area (Å²) in [5.74, 6) is -1.68. The van der Waals surface area contributed by atoms with E-state index in [1.54, 1.807) is 7.05 Å². The zero-order valence-corrected chi connectivity index (χ0v) is 8.34. The van der Waals surface area contributed by atoms with E-state index in [0.29, 0.717) is 6.54 Å². The van der Waals surface area contributed by atoms with E-state index in [2.05, 4.69) is 5.32 Å². The van der Waals surface area contributed by atoms with Gasteiger partial charge in [0.15, 0.2) is 11.6 Å². The molecule has 1 aromatic rings. The molecule has 0 saturated carbocycles. The SMILES string of the molecule is CNCC(O)COc1ccc(F)c(F)c1. The number of rotatable bonds is 5. The maximum Gasteiger partial charge on any atom is 0.162 e. The smallest absolute Gasteiger partial charge is 0.162 e. The third kappa shape index (κ3) is 3.81. The molecule has 5 heteroatoms. The molecular weight excluding hydrogens is 204 g/mol. The zero-order valence-electron chi connectivity index (χ0n) is 8.34. The molecule has 1 rings (SSSR count). The van der Waals surface area contributed by atoms with Gasteiger partial charge in [-0.3, -0.25) is 0 Å². The second-order valence-corrected chi connectivity index (χ2v) is 3.10. The number of likely N-dealkylation sites (N-methyl/N-ethyl adjacent to an activating group) is 1. The van der Waals surface area contributed by atoms with Crippen LogP contribution in [0.1, 0.15) is 0 Å². The van der Waals surface area contributed by atoms with E-state index in [0.717, 1.165) is 12.1 Å². The minimum absolute atomic E-state index is 0.0336. The molecule has 0 radical (unpaired) electrons. The predicted octanol–water partition coefficient (Wildman–Crippen LogP) is 0.924. The van der Waals surface area contributed by atoms with Crippen molar-refractivity contribution in [3.63, 3.8) is 0 Å². The normalized spacial score (nSPS) is 12.5. The van der Waals surface area contributed by atoms with Crippen molar-refractivity contribution in [1.82, 2.24) is 5.32 Å². The summed E-state index contributed by atoms with van der Waals surface area (Å²) in [6, 6.07) is 3.24. The second kappa shape index (κ2) is 5.63. The number of benzene rings is 1. The molecule has 0 aliphatic heterocycles. The number of hydrogen-bond acceptors (Lipinski definition) is 3. The van der Waals surface area contributed by atoms with E-state index in [9.17, 15) is 13.9 Å². The lowest BCUT2D eigenvalue weighted by Gasteiger charge is -2.11. The van der Waals surface area contributed by atoms with Gasteiger partial charge in [-0.1, -0.05) is 0 Å². The van der Waals surface area contributed by atoms with Gasteiger partial charge >= 0.3 is 0 Å². The summed E-state index contributed by atoms with van der Waals surface area (Å²) in [6.07, 6.45) is -0.678. The van der Waals surface area contributed by atoms with Crippen molar-refractivity contribution in [2.75, 3.05) is 20.2 Å². The van der Waals surface area contributed by atoms with Gasteiger partial charge in [0.25, 0.3) is 0 Å². The average molecular weight is 217 g/mol. The number of aliphatic hydroxyl groups is 1. The predicted molar refractivity (Wildman–Crippen MR) is 51.8 cm³/mol. The molecule has 0 fully saturated rings. The molecule has 2 N–H and O–H groups in total. The standard InChI is InChI=1S/C10H13F2NO2/c1-13-5-7(14)6-15-8-2-3-9(11)10(12)4-8/h2-4,7,13-14H,5-6H2,1H3. The highest BCUT2D eigenvalue weighted by atomic mass is 19.2. The van der Waals surface area contributed by atoms with Crippen LogP contribution in [0, 0.1) is 11.6 Å². The molecular formula is C10H13F2NO2. The van der Waals surface area contributed by atoms with Gasteiger partial charge in [-0.15, -0.1) is 0 Å². The van der Waals surface area contributed by atoms with Crippen molar-refractivity contribution in [3.05, 3.63) is 29.8 Å². The first-order chi connectivity index (χ1) is 7.13. The summed E-state index contributed by atoms with van der Waals surface area (Å²) in [4.78, 5) is 0. The van der Waals surface area contributed by atoms with Crippen molar-refractivity contribution < 1.29 is 18.6 Å². The third-order valence-corrected chi connectivity index (χ3v) is 1.77. The maximum atomic E-state index is 12.7. The zero-order chi connectivity index (χ0) is 11.3. The molecule has 1 aromatic carbocycles. The Morgan fingerprint density at radius 2 is 2.13 bits per heavy atom. The van der Waals surface area contributed by atoms with Crippen LogP contribution >= 0.6 is 0 Å². The number of nitrogens with one attached hydrogen (secondary N) is 1. The summed E-state index contributed by atoms with van der Waals surface area (Å²) in [6.45, 7) is 0.412. The minimum Gasteiger partial charge on any atom is -0.491 e. The van der Waals surface area contributed by atoms with Crippen LogP contribution in [0.3, 0.4) is 0 Å². The molecule has 0 bridgehead atoms. The average Bonchev–Trinajstić information content (AvgIpc) is 2.20. The van der Waals surface area contributed by atoms with E-state index >= 15 is 0 Å². The lowest BCUT2D eigenvalue weighted by molar-refractivity contribution is 0.108. The van der Waals surface area contributed by atoms with Crippen LogP contribution in [-0.2, 0) is 0 Å². The quantitative estimate of drug-likeness (QED) is 0.770. The number of aliphatic hydroxyl groups excluding tert-OH is 1. The summed E-state index contributed by atoms with van der Waals surface area (Å²) >= 11 is 0. The molecule has 0 aliphatic rings. The lowest BCUT2D eigenvalue weighted by atomic mass is 10.3. The maximum absolute atomic E-state index is 12.7. The van der Waals surface area contributed by atoms with Gasteiger partial charge in [-0.2, -0.15) is 0 Å². The van der Waals surface area contributed by atoms with E-state index in [-0.39, 0.29) is 12.4 Å². The van der Waals surface area contributed by atoms with Crippen LogP contribution in [0.2, 0.25) is 0 Å². The van der Waals surface area contributed by atoms with Crippen molar-refractivity contribution in [3.8, 4) is 5.75 Å². The molecule has 0 saturated heterocycles. The molecule has 0 spiro atoms. The fraction of sp³-hybridized carbons (Fsp3) is 0.400. The van der Waals surface area contributed by atoms with Crippen molar-refractivity contribution in [1.29, 1.82) is 0 Å². The van der Waals surface area contributed by atoms with Gasteiger partial charge in [-0.05, 0) is 19.2 Å². The van der Waals surface area contributed by atoms with Crippen LogP contribution < -0.4 is 10.1 Å². The lowest BCUT2D eigenvalue weighted by Crippen LogP contribution is -2.29. The van der Waals surface area contributed by atoms with E-state index in [4.69, 9.17) is 4.74 Å². The Balaban J connectivity index is 2.47. The molecule has 3 nitrogen and oxygen atoms in total. The first kappa shape index (κ1) is 11.9. The summed E-state index contributed by atoms with van der Waals surface area (Å²) in [5.41, 5.74) is 0. The fourth-order valence-corrected chi connectivity index (χ4v) is 1.05. The first-order valence-corrected chi connectivity index (χ1v) is 4.54. The van der Waals surface area contributed by atoms with Gasteiger partial charge < -0.3 is 15.2 Å². The first-order valence-electron chi connectivity index (χ1n) is 4.54. The summed E-state index contributed by atoms with van der Waals surface area (Å²) in [5, 5.41) is 12.0. The van der Waals surface area contributed by atoms with Crippen LogP contribution in [0.4, 0.5) is 8.78 Å². The molecule has 0 aromatic heterocycles. The second-order valence-electron chi connectivity index (χ2n) is 3.10. The Morgan fingerprint density at radius 3 is 2.73 bits per heavy atom. The Morgan fingerprint density at radius 1 is 1.40 bits per heavy atom. The van der Waals surface area contributed by atoms with E-state index < -0.39 is 17.7 Å². The van der Waals surface area contributed by atoms with E-state index in [1.807, 2.05) is 0 Å².